The Morgan fingerprint density at radius 2 is 1.96 bits per heavy atom. The van der Waals surface area contributed by atoms with E-state index in [0.29, 0.717) is 19.0 Å². The second-order valence-corrected chi connectivity index (χ2v) is 5.05. The number of aliphatic imine (C=N–C) groups is 1. The molecule has 2 rings (SSSR count). The zero-order valence-corrected chi connectivity index (χ0v) is 16.3. The first-order chi connectivity index (χ1) is 11.1. The van der Waals surface area contributed by atoms with Gasteiger partial charge in [0.05, 0.1) is 19.3 Å². The van der Waals surface area contributed by atoms with E-state index in [9.17, 15) is 4.39 Å². The second-order valence-electron chi connectivity index (χ2n) is 5.05. The molecule has 0 fully saturated rings. The van der Waals surface area contributed by atoms with Gasteiger partial charge in [0.2, 0.25) is 5.88 Å². The largest absolute Gasteiger partial charge is 0.481 e. The van der Waals surface area contributed by atoms with Crippen LogP contribution in [-0.2, 0) is 13.1 Å². The first kappa shape index (κ1) is 20.1. The maximum absolute atomic E-state index is 13.0. The number of hydrogen-bond donors (Lipinski definition) is 1. The van der Waals surface area contributed by atoms with Crippen molar-refractivity contribution in [1.29, 1.82) is 0 Å². The third-order valence-electron chi connectivity index (χ3n) is 3.32. The van der Waals surface area contributed by atoms with Gasteiger partial charge < -0.3 is 15.0 Å². The van der Waals surface area contributed by atoms with Crippen molar-refractivity contribution in [3.05, 3.63) is 59.5 Å². The van der Waals surface area contributed by atoms with E-state index in [1.54, 1.807) is 32.4 Å². The number of halogens is 2. The van der Waals surface area contributed by atoms with Crippen LogP contribution in [0.25, 0.3) is 0 Å². The van der Waals surface area contributed by atoms with Crippen LogP contribution in [0.1, 0.15) is 11.3 Å². The maximum Gasteiger partial charge on any atom is 0.213 e. The molecule has 1 heterocycles. The van der Waals surface area contributed by atoms with E-state index < -0.39 is 0 Å². The Bertz CT molecular complexity index is 664. The maximum atomic E-state index is 13.0. The summed E-state index contributed by atoms with van der Waals surface area (Å²) in [6.45, 7) is 1.17. The number of methoxy groups -OCH3 is 1. The van der Waals surface area contributed by atoms with Crippen LogP contribution in [-0.4, -0.2) is 37.0 Å². The summed E-state index contributed by atoms with van der Waals surface area (Å²) in [6.07, 6.45) is 0. The summed E-state index contributed by atoms with van der Waals surface area (Å²) in [4.78, 5) is 10.6. The summed E-state index contributed by atoms with van der Waals surface area (Å²) in [6, 6.07) is 12.1. The summed E-state index contributed by atoms with van der Waals surface area (Å²) in [5.41, 5.74) is 1.87. The predicted molar refractivity (Wildman–Crippen MR) is 104 cm³/mol. The number of benzene rings is 1. The number of guanidine groups is 1. The van der Waals surface area contributed by atoms with Crippen LogP contribution in [0.2, 0.25) is 0 Å². The molecule has 0 atom stereocenters. The van der Waals surface area contributed by atoms with Crippen LogP contribution in [0.4, 0.5) is 4.39 Å². The van der Waals surface area contributed by atoms with E-state index in [0.717, 1.165) is 17.2 Å². The first-order valence-electron chi connectivity index (χ1n) is 7.28. The fourth-order valence-electron chi connectivity index (χ4n) is 2.16. The minimum Gasteiger partial charge on any atom is -0.481 e. The molecule has 0 radical (unpaired) electrons. The number of ether oxygens (including phenoxy) is 1. The van der Waals surface area contributed by atoms with Crippen molar-refractivity contribution in [3.63, 3.8) is 0 Å². The van der Waals surface area contributed by atoms with Crippen LogP contribution in [0.5, 0.6) is 5.88 Å². The lowest BCUT2D eigenvalue weighted by molar-refractivity contribution is 0.396. The normalized spacial score (nSPS) is 10.8. The Hall–Kier alpha value is -1.90. The highest BCUT2D eigenvalue weighted by Gasteiger charge is 2.07. The van der Waals surface area contributed by atoms with Crippen molar-refractivity contribution in [3.8, 4) is 5.88 Å². The molecule has 0 spiro atoms. The van der Waals surface area contributed by atoms with Crippen molar-refractivity contribution < 1.29 is 9.13 Å². The third kappa shape index (κ3) is 5.95. The van der Waals surface area contributed by atoms with E-state index in [4.69, 9.17) is 4.74 Å². The van der Waals surface area contributed by atoms with Gasteiger partial charge in [-0.2, -0.15) is 0 Å². The van der Waals surface area contributed by atoms with Gasteiger partial charge in [-0.3, -0.25) is 4.99 Å². The van der Waals surface area contributed by atoms with Crippen molar-refractivity contribution in [1.82, 2.24) is 15.2 Å². The zero-order valence-electron chi connectivity index (χ0n) is 14.0. The minimum atomic E-state index is -0.233. The van der Waals surface area contributed by atoms with Gasteiger partial charge in [0.1, 0.15) is 5.82 Å². The van der Waals surface area contributed by atoms with E-state index in [2.05, 4.69) is 15.3 Å². The van der Waals surface area contributed by atoms with Crippen molar-refractivity contribution in [2.24, 2.45) is 4.99 Å². The third-order valence-corrected chi connectivity index (χ3v) is 3.32. The Morgan fingerprint density at radius 3 is 2.58 bits per heavy atom. The SMILES string of the molecule is CN=C(NCc1cccc(OC)n1)N(C)Cc1ccc(F)cc1.I. The summed E-state index contributed by atoms with van der Waals surface area (Å²) in [7, 11) is 5.25. The quantitative estimate of drug-likeness (QED) is 0.438. The molecule has 5 nitrogen and oxygen atoms in total. The molecule has 7 heteroatoms. The van der Waals surface area contributed by atoms with Gasteiger partial charge in [-0.05, 0) is 23.8 Å². The Balaban J connectivity index is 0.00000288. The van der Waals surface area contributed by atoms with Crippen molar-refractivity contribution in [2.45, 2.75) is 13.1 Å². The standard InChI is InChI=1S/C17H21FN4O.HI/c1-19-17(20-11-15-5-4-6-16(21-15)23-3)22(2)12-13-7-9-14(18)10-8-13;/h4-10H,11-12H2,1-3H3,(H,19,20);1H. The number of nitrogens with one attached hydrogen (secondary N) is 1. The van der Waals surface area contributed by atoms with Crippen molar-refractivity contribution in [2.75, 3.05) is 21.2 Å². The summed E-state index contributed by atoms with van der Waals surface area (Å²) < 4.78 is 18.1. The molecule has 2 aromatic rings. The minimum absolute atomic E-state index is 0. The number of rotatable bonds is 5. The monoisotopic (exact) mass is 444 g/mol. The highest BCUT2D eigenvalue weighted by molar-refractivity contribution is 14.0. The lowest BCUT2D eigenvalue weighted by atomic mass is 10.2. The van der Waals surface area contributed by atoms with Crippen molar-refractivity contribution >= 4 is 29.9 Å². The molecule has 0 bridgehead atoms. The fourth-order valence-corrected chi connectivity index (χ4v) is 2.16. The van der Waals surface area contributed by atoms with E-state index >= 15 is 0 Å². The predicted octanol–water partition coefficient (Wildman–Crippen LogP) is 3.05. The lowest BCUT2D eigenvalue weighted by Gasteiger charge is -2.22. The van der Waals surface area contributed by atoms with Crippen LogP contribution in [0, 0.1) is 5.82 Å². The topological polar surface area (TPSA) is 49.8 Å². The average molecular weight is 444 g/mol. The number of hydrogen-bond acceptors (Lipinski definition) is 3. The molecular weight excluding hydrogens is 422 g/mol. The molecule has 1 aromatic heterocycles. The average Bonchev–Trinajstić information content (AvgIpc) is 2.57. The molecule has 0 unspecified atom stereocenters. The summed E-state index contributed by atoms with van der Waals surface area (Å²) in [5, 5.41) is 3.25. The molecule has 0 aliphatic heterocycles. The highest BCUT2D eigenvalue weighted by atomic mass is 127. The van der Waals surface area contributed by atoms with Crippen LogP contribution >= 0.6 is 24.0 Å². The Kier molecular flexibility index (Phi) is 8.45. The van der Waals surface area contributed by atoms with Gasteiger partial charge in [0.25, 0.3) is 0 Å². The Morgan fingerprint density at radius 1 is 1.25 bits per heavy atom. The summed E-state index contributed by atoms with van der Waals surface area (Å²) in [5.74, 6) is 1.08. The van der Waals surface area contributed by atoms with Gasteiger partial charge in [-0.1, -0.05) is 18.2 Å². The lowest BCUT2D eigenvalue weighted by Crippen LogP contribution is -2.38. The molecule has 0 saturated heterocycles. The van der Waals surface area contributed by atoms with Gasteiger partial charge in [0, 0.05) is 26.7 Å². The van der Waals surface area contributed by atoms with Gasteiger partial charge in [0.15, 0.2) is 5.96 Å². The number of pyridine rings is 1. The molecular formula is C17H22FIN4O. The van der Waals surface area contributed by atoms with Gasteiger partial charge >= 0.3 is 0 Å². The molecule has 130 valence electrons. The molecule has 0 saturated carbocycles. The molecule has 24 heavy (non-hydrogen) atoms. The van der Waals surface area contributed by atoms with Crippen LogP contribution in [0.15, 0.2) is 47.5 Å². The van der Waals surface area contributed by atoms with E-state index in [1.807, 2.05) is 24.1 Å². The second kappa shape index (κ2) is 10.1. The van der Waals surface area contributed by atoms with Gasteiger partial charge in [-0.15, -0.1) is 24.0 Å². The van der Waals surface area contributed by atoms with E-state index in [1.165, 1.54) is 12.1 Å². The zero-order chi connectivity index (χ0) is 16.7. The Labute approximate surface area is 159 Å². The van der Waals surface area contributed by atoms with Crippen LogP contribution in [0.3, 0.4) is 0 Å². The van der Waals surface area contributed by atoms with E-state index in [-0.39, 0.29) is 29.8 Å². The number of nitrogens with zero attached hydrogens (tertiary/aromatic N) is 3. The van der Waals surface area contributed by atoms with Gasteiger partial charge in [-0.25, -0.2) is 9.37 Å². The summed E-state index contributed by atoms with van der Waals surface area (Å²) >= 11 is 0. The number of aromatic nitrogens is 1. The molecule has 0 amide bonds. The molecule has 0 aliphatic rings. The molecule has 1 N–H and O–H groups in total. The molecule has 0 aliphatic carbocycles. The van der Waals surface area contributed by atoms with Crippen LogP contribution < -0.4 is 10.1 Å². The fraction of sp³-hybridized carbons (Fsp3) is 0.294. The smallest absolute Gasteiger partial charge is 0.213 e. The highest BCUT2D eigenvalue weighted by Crippen LogP contribution is 2.08. The molecule has 1 aromatic carbocycles. The first-order valence-corrected chi connectivity index (χ1v) is 7.28.